The van der Waals surface area contributed by atoms with Crippen molar-refractivity contribution in [3.8, 4) is 0 Å². The summed E-state index contributed by atoms with van der Waals surface area (Å²) in [6.07, 6.45) is 0. The first-order valence-electron chi connectivity index (χ1n) is 7.19. The van der Waals surface area contributed by atoms with Gasteiger partial charge in [0, 0.05) is 10.8 Å². The lowest BCUT2D eigenvalue weighted by Crippen LogP contribution is -2.43. The fourth-order valence-corrected chi connectivity index (χ4v) is 4.39. The molecule has 0 radical (unpaired) electrons. The zero-order valence-corrected chi connectivity index (χ0v) is 15.0. The molecular formula is C15H16ClN3O2S2. The number of carbonyl (C=O) groups excluding carboxylic acids is 2. The smallest absolute Gasteiger partial charge is 0.252 e. The zero-order chi connectivity index (χ0) is 16.4. The van der Waals surface area contributed by atoms with E-state index in [-0.39, 0.29) is 24.4 Å². The molecule has 0 bridgehead atoms. The van der Waals surface area contributed by atoms with Gasteiger partial charge in [-0.3, -0.25) is 19.5 Å². The standard InChI is InChI=1S/C15H16ClN3O2S2/c1-10-7-23-15(17-10)19(12-4-2-11(16)3-5-12)13(20)6-18-9-22-8-14(18)21/h2-5,10H,6-9H2,1H3/t10-/m1/s1. The molecule has 0 aromatic heterocycles. The number of hydrogen-bond donors (Lipinski definition) is 0. The number of aliphatic imine (C=N–C) groups is 1. The quantitative estimate of drug-likeness (QED) is 0.822. The van der Waals surface area contributed by atoms with Gasteiger partial charge < -0.3 is 4.90 Å². The van der Waals surface area contributed by atoms with Crippen LogP contribution in [0.1, 0.15) is 6.92 Å². The highest BCUT2D eigenvalue weighted by atomic mass is 35.5. The second-order valence-electron chi connectivity index (χ2n) is 5.35. The number of carbonyl (C=O) groups is 2. The van der Waals surface area contributed by atoms with Gasteiger partial charge in [-0.25, -0.2) is 0 Å². The Bertz CT molecular complexity index is 651. The predicted octanol–water partition coefficient (Wildman–Crippen LogP) is 2.70. The number of nitrogens with zero attached hydrogens (tertiary/aromatic N) is 3. The molecule has 0 N–H and O–H groups in total. The summed E-state index contributed by atoms with van der Waals surface area (Å²) in [4.78, 5) is 32.3. The highest BCUT2D eigenvalue weighted by Gasteiger charge is 2.30. The second-order valence-corrected chi connectivity index (χ2v) is 7.73. The van der Waals surface area contributed by atoms with E-state index in [4.69, 9.17) is 11.6 Å². The van der Waals surface area contributed by atoms with Gasteiger partial charge in [-0.05, 0) is 31.2 Å². The SMILES string of the molecule is C[C@@H]1CSC(N(C(=O)CN2CSCC2=O)c2ccc(Cl)cc2)=N1. The minimum absolute atomic E-state index is 0.00814. The van der Waals surface area contributed by atoms with Crippen LogP contribution in [0.15, 0.2) is 29.3 Å². The monoisotopic (exact) mass is 369 g/mol. The first-order chi connectivity index (χ1) is 11.0. The van der Waals surface area contributed by atoms with Crippen molar-refractivity contribution in [1.82, 2.24) is 4.90 Å². The van der Waals surface area contributed by atoms with Crippen molar-refractivity contribution in [2.45, 2.75) is 13.0 Å². The van der Waals surface area contributed by atoms with E-state index in [0.717, 1.165) is 11.4 Å². The first kappa shape index (κ1) is 16.7. The summed E-state index contributed by atoms with van der Waals surface area (Å²) >= 11 is 9.03. The van der Waals surface area contributed by atoms with Crippen LogP contribution in [0.3, 0.4) is 0 Å². The molecule has 0 unspecified atom stereocenters. The lowest BCUT2D eigenvalue weighted by Gasteiger charge is -2.24. The third kappa shape index (κ3) is 3.84. The largest absolute Gasteiger partial charge is 0.323 e. The lowest BCUT2D eigenvalue weighted by molar-refractivity contribution is -0.131. The number of halogens is 1. The number of rotatable bonds is 3. The number of anilines is 1. The maximum Gasteiger partial charge on any atom is 0.252 e. The van der Waals surface area contributed by atoms with Crippen LogP contribution in [0.5, 0.6) is 0 Å². The fraction of sp³-hybridized carbons (Fsp3) is 0.400. The molecule has 122 valence electrons. The van der Waals surface area contributed by atoms with Gasteiger partial charge in [0.25, 0.3) is 5.91 Å². The number of thioether (sulfide) groups is 2. The topological polar surface area (TPSA) is 53.0 Å². The maximum absolute atomic E-state index is 12.8. The van der Waals surface area contributed by atoms with Crippen molar-refractivity contribution in [3.63, 3.8) is 0 Å². The molecule has 1 aromatic rings. The Balaban J connectivity index is 1.85. The Morgan fingerprint density at radius 3 is 2.74 bits per heavy atom. The number of benzene rings is 1. The first-order valence-corrected chi connectivity index (χ1v) is 9.71. The Kier molecular flexibility index (Phi) is 5.18. The number of hydrogen-bond acceptors (Lipinski definition) is 5. The zero-order valence-electron chi connectivity index (χ0n) is 12.6. The van der Waals surface area contributed by atoms with E-state index in [0.29, 0.717) is 21.8 Å². The van der Waals surface area contributed by atoms with Gasteiger partial charge in [0.15, 0.2) is 5.17 Å². The molecular weight excluding hydrogens is 354 g/mol. The van der Waals surface area contributed by atoms with E-state index < -0.39 is 0 Å². The molecule has 2 heterocycles. The molecule has 1 saturated heterocycles. The predicted molar refractivity (Wildman–Crippen MR) is 97.3 cm³/mol. The van der Waals surface area contributed by atoms with E-state index in [1.165, 1.54) is 11.8 Å². The second kappa shape index (κ2) is 7.15. The van der Waals surface area contributed by atoms with Crippen LogP contribution in [0.2, 0.25) is 5.02 Å². The molecule has 5 nitrogen and oxygen atoms in total. The normalized spacial score (nSPS) is 20.8. The third-order valence-electron chi connectivity index (χ3n) is 3.46. The van der Waals surface area contributed by atoms with Gasteiger partial charge in [0.1, 0.15) is 6.54 Å². The Labute approximate surface area is 148 Å². The van der Waals surface area contributed by atoms with Crippen LogP contribution in [0.25, 0.3) is 0 Å². The Morgan fingerprint density at radius 2 is 2.17 bits per heavy atom. The van der Waals surface area contributed by atoms with Crippen LogP contribution in [-0.4, -0.2) is 51.9 Å². The van der Waals surface area contributed by atoms with Crippen molar-refractivity contribution in [2.75, 3.05) is 28.8 Å². The van der Waals surface area contributed by atoms with Crippen LogP contribution in [0, 0.1) is 0 Å². The molecule has 1 atom stereocenters. The molecule has 8 heteroatoms. The van der Waals surface area contributed by atoms with Gasteiger partial charge in [-0.2, -0.15) is 0 Å². The number of amides is 2. The van der Waals surface area contributed by atoms with Gasteiger partial charge >= 0.3 is 0 Å². The summed E-state index contributed by atoms with van der Waals surface area (Å²) in [6, 6.07) is 7.27. The molecule has 0 saturated carbocycles. The van der Waals surface area contributed by atoms with Crippen molar-refractivity contribution in [3.05, 3.63) is 29.3 Å². The van der Waals surface area contributed by atoms with Gasteiger partial charge in [0.05, 0.1) is 23.4 Å². The molecule has 1 fully saturated rings. The molecule has 1 aromatic carbocycles. The molecule has 2 amide bonds. The summed E-state index contributed by atoms with van der Waals surface area (Å²) in [5, 5.41) is 1.30. The fourth-order valence-electron chi connectivity index (χ4n) is 2.31. The minimum atomic E-state index is -0.150. The Morgan fingerprint density at radius 1 is 1.43 bits per heavy atom. The highest BCUT2D eigenvalue weighted by Crippen LogP contribution is 2.27. The van der Waals surface area contributed by atoms with Gasteiger partial charge in [-0.1, -0.05) is 23.4 Å². The summed E-state index contributed by atoms with van der Waals surface area (Å²) in [7, 11) is 0. The van der Waals surface area contributed by atoms with Crippen molar-refractivity contribution in [1.29, 1.82) is 0 Å². The van der Waals surface area contributed by atoms with E-state index in [1.54, 1.807) is 45.8 Å². The van der Waals surface area contributed by atoms with Crippen LogP contribution < -0.4 is 4.90 Å². The van der Waals surface area contributed by atoms with Crippen molar-refractivity contribution >= 4 is 57.8 Å². The minimum Gasteiger partial charge on any atom is -0.323 e. The lowest BCUT2D eigenvalue weighted by atomic mass is 10.3. The molecule has 0 spiro atoms. The molecule has 2 aliphatic heterocycles. The molecule has 2 aliphatic rings. The van der Waals surface area contributed by atoms with Crippen LogP contribution in [0.4, 0.5) is 5.69 Å². The van der Waals surface area contributed by atoms with Crippen LogP contribution in [-0.2, 0) is 9.59 Å². The average molecular weight is 370 g/mol. The van der Waals surface area contributed by atoms with Gasteiger partial charge in [-0.15, -0.1) is 11.8 Å². The van der Waals surface area contributed by atoms with Crippen LogP contribution >= 0.6 is 35.1 Å². The Hall–Kier alpha value is -1.18. The summed E-state index contributed by atoms with van der Waals surface area (Å²) in [5.41, 5.74) is 0.721. The van der Waals surface area contributed by atoms with Crippen molar-refractivity contribution in [2.24, 2.45) is 4.99 Å². The highest BCUT2D eigenvalue weighted by molar-refractivity contribution is 8.14. The average Bonchev–Trinajstić information content (AvgIpc) is 3.11. The third-order valence-corrected chi connectivity index (χ3v) is 5.85. The van der Waals surface area contributed by atoms with E-state index in [2.05, 4.69) is 4.99 Å². The van der Waals surface area contributed by atoms with Crippen molar-refractivity contribution < 1.29 is 9.59 Å². The summed E-state index contributed by atoms with van der Waals surface area (Å²) in [6.45, 7) is 2.09. The number of amidine groups is 1. The maximum atomic E-state index is 12.8. The summed E-state index contributed by atoms with van der Waals surface area (Å²) < 4.78 is 0. The van der Waals surface area contributed by atoms with Gasteiger partial charge in [0.2, 0.25) is 5.91 Å². The molecule has 0 aliphatic carbocycles. The van der Waals surface area contributed by atoms with E-state index in [1.807, 2.05) is 6.92 Å². The molecule has 3 rings (SSSR count). The van der Waals surface area contributed by atoms with E-state index >= 15 is 0 Å². The summed E-state index contributed by atoms with van der Waals surface area (Å²) in [5.74, 6) is 1.72. The molecule has 23 heavy (non-hydrogen) atoms. The van der Waals surface area contributed by atoms with E-state index in [9.17, 15) is 9.59 Å².